The SMILES string of the molecule is Oc1cccc([C@H]2CCCN(C[C@H]3COc4c(O)cccc4O3)C2)c1. The number of aromatic hydroxyl groups is 2. The van der Waals surface area contributed by atoms with Crippen molar-refractivity contribution in [1.82, 2.24) is 4.90 Å². The third-order valence-electron chi connectivity index (χ3n) is 4.97. The van der Waals surface area contributed by atoms with Crippen LogP contribution < -0.4 is 9.47 Å². The molecule has 5 heteroatoms. The van der Waals surface area contributed by atoms with E-state index in [1.54, 1.807) is 18.2 Å². The van der Waals surface area contributed by atoms with Gasteiger partial charge in [-0.25, -0.2) is 0 Å². The van der Waals surface area contributed by atoms with Crippen LogP contribution in [0.4, 0.5) is 0 Å². The van der Waals surface area contributed by atoms with Crippen LogP contribution in [0.15, 0.2) is 42.5 Å². The summed E-state index contributed by atoms with van der Waals surface area (Å²) in [5, 5.41) is 19.5. The lowest BCUT2D eigenvalue weighted by molar-refractivity contribution is 0.0487. The standard InChI is InChI=1S/C20H23NO4/c22-16-6-1-4-14(10-16)15-5-3-9-21(11-15)12-17-13-24-20-18(23)7-2-8-19(20)25-17/h1-2,4,6-8,10,15,17,22-23H,3,5,9,11-13H2/t15-,17-/m0/s1. The number of ether oxygens (including phenoxy) is 2. The van der Waals surface area contributed by atoms with Gasteiger partial charge >= 0.3 is 0 Å². The summed E-state index contributed by atoms with van der Waals surface area (Å²) in [6, 6.07) is 12.8. The zero-order chi connectivity index (χ0) is 17.2. The molecule has 0 saturated carbocycles. The van der Waals surface area contributed by atoms with E-state index in [1.165, 1.54) is 5.56 Å². The molecule has 0 aromatic heterocycles. The summed E-state index contributed by atoms with van der Waals surface area (Å²) in [5.41, 5.74) is 1.20. The van der Waals surface area contributed by atoms with E-state index < -0.39 is 0 Å². The highest BCUT2D eigenvalue weighted by Crippen LogP contribution is 2.39. The van der Waals surface area contributed by atoms with Gasteiger partial charge in [-0.15, -0.1) is 0 Å². The fourth-order valence-corrected chi connectivity index (χ4v) is 3.78. The van der Waals surface area contributed by atoms with Gasteiger partial charge < -0.3 is 19.7 Å². The maximum Gasteiger partial charge on any atom is 0.203 e. The smallest absolute Gasteiger partial charge is 0.203 e. The van der Waals surface area contributed by atoms with E-state index in [4.69, 9.17) is 9.47 Å². The first-order valence-electron chi connectivity index (χ1n) is 8.82. The van der Waals surface area contributed by atoms with Crippen molar-refractivity contribution in [2.45, 2.75) is 24.9 Å². The Kier molecular flexibility index (Phi) is 4.40. The second-order valence-corrected chi connectivity index (χ2v) is 6.85. The van der Waals surface area contributed by atoms with Crippen LogP contribution in [0.3, 0.4) is 0 Å². The molecule has 25 heavy (non-hydrogen) atoms. The minimum absolute atomic E-state index is 0.0442. The number of para-hydroxylation sites is 1. The van der Waals surface area contributed by atoms with Crippen LogP contribution in [0.2, 0.25) is 0 Å². The Labute approximate surface area is 147 Å². The predicted molar refractivity (Wildman–Crippen MR) is 94.5 cm³/mol. The predicted octanol–water partition coefficient (Wildman–Crippen LogP) is 3.12. The first-order chi connectivity index (χ1) is 12.2. The van der Waals surface area contributed by atoms with Crippen LogP contribution >= 0.6 is 0 Å². The number of hydrogen-bond acceptors (Lipinski definition) is 5. The van der Waals surface area contributed by atoms with Crippen molar-refractivity contribution in [3.8, 4) is 23.0 Å². The number of nitrogens with zero attached hydrogens (tertiary/aromatic N) is 1. The Morgan fingerprint density at radius 3 is 2.88 bits per heavy atom. The van der Waals surface area contributed by atoms with Gasteiger partial charge in [0.15, 0.2) is 11.5 Å². The molecule has 1 saturated heterocycles. The maximum atomic E-state index is 9.81. The molecule has 0 radical (unpaired) electrons. The average Bonchev–Trinajstić information content (AvgIpc) is 2.62. The number of rotatable bonds is 3. The molecule has 2 aromatic rings. The van der Waals surface area contributed by atoms with E-state index in [0.29, 0.717) is 29.8 Å². The molecule has 2 aliphatic rings. The molecule has 0 bridgehead atoms. The lowest BCUT2D eigenvalue weighted by Crippen LogP contribution is -2.44. The van der Waals surface area contributed by atoms with E-state index in [0.717, 1.165) is 32.5 Å². The second-order valence-electron chi connectivity index (χ2n) is 6.85. The van der Waals surface area contributed by atoms with Gasteiger partial charge in [-0.2, -0.15) is 0 Å². The molecule has 2 aromatic carbocycles. The molecular weight excluding hydrogens is 318 g/mol. The fraction of sp³-hybridized carbons (Fsp3) is 0.400. The number of phenols is 2. The topological polar surface area (TPSA) is 62.2 Å². The van der Waals surface area contributed by atoms with Crippen molar-refractivity contribution >= 4 is 0 Å². The molecule has 2 N–H and O–H groups in total. The highest BCUT2D eigenvalue weighted by molar-refractivity contribution is 5.51. The Bertz CT molecular complexity index is 748. The van der Waals surface area contributed by atoms with Crippen molar-refractivity contribution in [1.29, 1.82) is 0 Å². The van der Waals surface area contributed by atoms with Gasteiger partial charge in [-0.3, -0.25) is 4.90 Å². The Hall–Kier alpha value is -2.40. The number of hydrogen-bond donors (Lipinski definition) is 2. The van der Waals surface area contributed by atoms with E-state index in [9.17, 15) is 10.2 Å². The van der Waals surface area contributed by atoms with E-state index >= 15 is 0 Å². The van der Waals surface area contributed by atoms with Crippen molar-refractivity contribution in [3.63, 3.8) is 0 Å². The molecule has 132 valence electrons. The first kappa shape index (κ1) is 16.1. The van der Waals surface area contributed by atoms with Gasteiger partial charge in [0.1, 0.15) is 18.5 Å². The van der Waals surface area contributed by atoms with E-state index in [-0.39, 0.29) is 11.9 Å². The normalized spacial score (nSPS) is 23.4. The molecule has 2 aliphatic heterocycles. The van der Waals surface area contributed by atoms with Gasteiger partial charge in [0, 0.05) is 13.1 Å². The average molecular weight is 341 g/mol. The van der Waals surface area contributed by atoms with Crippen LogP contribution in [0.25, 0.3) is 0 Å². The number of fused-ring (bicyclic) bond motifs is 1. The highest BCUT2D eigenvalue weighted by Gasteiger charge is 2.28. The molecule has 0 spiro atoms. The zero-order valence-corrected chi connectivity index (χ0v) is 14.1. The molecular formula is C20H23NO4. The third kappa shape index (κ3) is 3.51. The van der Waals surface area contributed by atoms with E-state index in [2.05, 4.69) is 11.0 Å². The number of phenolic OH excluding ortho intramolecular Hbond substituents is 2. The third-order valence-corrected chi connectivity index (χ3v) is 4.97. The van der Waals surface area contributed by atoms with E-state index in [1.807, 2.05) is 18.2 Å². The van der Waals surface area contributed by atoms with Crippen LogP contribution in [0, 0.1) is 0 Å². The lowest BCUT2D eigenvalue weighted by atomic mass is 9.90. The van der Waals surface area contributed by atoms with Crippen LogP contribution in [0.5, 0.6) is 23.0 Å². The van der Waals surface area contributed by atoms with Crippen LogP contribution in [-0.4, -0.2) is 47.5 Å². The molecule has 2 heterocycles. The quantitative estimate of drug-likeness (QED) is 0.898. The molecule has 0 unspecified atom stereocenters. The summed E-state index contributed by atoms with van der Waals surface area (Å²) in [6.07, 6.45) is 2.22. The van der Waals surface area contributed by atoms with Gasteiger partial charge in [-0.05, 0) is 55.1 Å². The Morgan fingerprint density at radius 1 is 1.12 bits per heavy atom. The minimum atomic E-state index is -0.0442. The van der Waals surface area contributed by atoms with Crippen LogP contribution in [0.1, 0.15) is 24.3 Å². The van der Waals surface area contributed by atoms with Gasteiger partial charge in [0.25, 0.3) is 0 Å². The van der Waals surface area contributed by atoms with Crippen molar-refractivity contribution in [2.24, 2.45) is 0 Å². The molecule has 1 fully saturated rings. The second kappa shape index (κ2) is 6.84. The van der Waals surface area contributed by atoms with Crippen molar-refractivity contribution in [3.05, 3.63) is 48.0 Å². The summed E-state index contributed by atoms with van der Waals surface area (Å²) in [7, 11) is 0. The van der Waals surface area contributed by atoms with Crippen molar-refractivity contribution < 1.29 is 19.7 Å². The molecule has 0 aliphatic carbocycles. The summed E-state index contributed by atoms with van der Waals surface area (Å²) >= 11 is 0. The first-order valence-corrected chi connectivity index (χ1v) is 8.82. The lowest BCUT2D eigenvalue weighted by Gasteiger charge is -2.36. The molecule has 5 nitrogen and oxygen atoms in total. The maximum absolute atomic E-state index is 9.81. The largest absolute Gasteiger partial charge is 0.508 e. The zero-order valence-electron chi connectivity index (χ0n) is 14.1. The summed E-state index contributed by atoms with van der Waals surface area (Å²) < 4.78 is 11.7. The Morgan fingerprint density at radius 2 is 2.00 bits per heavy atom. The Balaban J connectivity index is 1.40. The minimum Gasteiger partial charge on any atom is -0.508 e. The van der Waals surface area contributed by atoms with Gasteiger partial charge in [0.05, 0.1) is 0 Å². The van der Waals surface area contributed by atoms with Gasteiger partial charge in [0.2, 0.25) is 5.75 Å². The summed E-state index contributed by atoms with van der Waals surface area (Å²) in [5.74, 6) is 1.93. The van der Waals surface area contributed by atoms with Gasteiger partial charge in [-0.1, -0.05) is 18.2 Å². The molecule has 4 rings (SSSR count). The fourth-order valence-electron chi connectivity index (χ4n) is 3.78. The number of piperidine rings is 1. The summed E-state index contributed by atoms with van der Waals surface area (Å²) in [6.45, 7) is 3.24. The molecule has 0 amide bonds. The monoisotopic (exact) mass is 341 g/mol. The summed E-state index contributed by atoms with van der Waals surface area (Å²) in [4.78, 5) is 2.40. The van der Waals surface area contributed by atoms with Crippen LogP contribution in [-0.2, 0) is 0 Å². The number of benzene rings is 2. The highest BCUT2D eigenvalue weighted by atomic mass is 16.6. The van der Waals surface area contributed by atoms with Crippen molar-refractivity contribution in [2.75, 3.05) is 26.2 Å². The number of likely N-dealkylation sites (tertiary alicyclic amines) is 1. The molecule has 2 atom stereocenters.